The summed E-state index contributed by atoms with van der Waals surface area (Å²) in [6, 6.07) is 9.61. The van der Waals surface area contributed by atoms with Crippen LogP contribution in [0.2, 0.25) is 0 Å². The second-order valence-corrected chi connectivity index (χ2v) is 5.77. The van der Waals surface area contributed by atoms with E-state index in [-0.39, 0.29) is 24.1 Å². The highest BCUT2D eigenvalue weighted by Crippen LogP contribution is 2.13. The van der Waals surface area contributed by atoms with Crippen LogP contribution in [0.25, 0.3) is 0 Å². The van der Waals surface area contributed by atoms with E-state index in [1.165, 1.54) is 12.3 Å². The molecule has 1 saturated heterocycles. The van der Waals surface area contributed by atoms with E-state index in [0.29, 0.717) is 43.9 Å². The van der Waals surface area contributed by atoms with E-state index in [1.54, 1.807) is 40.1 Å². The summed E-state index contributed by atoms with van der Waals surface area (Å²) >= 11 is 0. The van der Waals surface area contributed by atoms with Gasteiger partial charge in [-0.3, -0.25) is 9.59 Å². The molecule has 1 aromatic carbocycles. The van der Waals surface area contributed by atoms with E-state index in [2.05, 4.69) is 0 Å². The maximum Gasteiger partial charge on any atom is 0.289 e. The molecule has 0 spiro atoms. The molecule has 0 N–H and O–H groups in total. The number of amides is 2. The van der Waals surface area contributed by atoms with Crippen molar-refractivity contribution >= 4 is 11.8 Å². The van der Waals surface area contributed by atoms with Crippen molar-refractivity contribution in [3.05, 3.63) is 59.8 Å². The minimum absolute atomic E-state index is 0.0405. The van der Waals surface area contributed by atoms with Crippen molar-refractivity contribution in [1.29, 1.82) is 0 Å². The van der Waals surface area contributed by atoms with Crippen LogP contribution in [0.1, 0.15) is 22.5 Å². The van der Waals surface area contributed by atoms with Gasteiger partial charge in [0, 0.05) is 26.2 Å². The Morgan fingerprint density at radius 2 is 1.75 bits per heavy atom. The SMILES string of the molecule is O=C(Cc1ccccc1F)N1CCCN(C(=O)c2ccco2)CC1. The zero-order valence-electron chi connectivity index (χ0n) is 13.3. The molecular weight excluding hydrogens is 311 g/mol. The molecule has 0 unspecified atom stereocenters. The van der Waals surface area contributed by atoms with Gasteiger partial charge in [-0.25, -0.2) is 4.39 Å². The summed E-state index contributed by atoms with van der Waals surface area (Å²) < 4.78 is 18.8. The Balaban J connectivity index is 1.60. The van der Waals surface area contributed by atoms with Crippen molar-refractivity contribution in [1.82, 2.24) is 9.80 Å². The second kappa shape index (κ2) is 7.29. The summed E-state index contributed by atoms with van der Waals surface area (Å²) in [5.74, 6) is -0.341. The molecule has 2 aromatic rings. The lowest BCUT2D eigenvalue weighted by Crippen LogP contribution is -2.38. The van der Waals surface area contributed by atoms with Crippen LogP contribution in [0.4, 0.5) is 4.39 Å². The number of hydrogen-bond acceptors (Lipinski definition) is 3. The van der Waals surface area contributed by atoms with E-state index in [1.807, 2.05) is 0 Å². The molecule has 1 aliphatic rings. The molecule has 0 aliphatic carbocycles. The molecule has 2 heterocycles. The fraction of sp³-hybridized carbons (Fsp3) is 0.333. The third-order valence-corrected chi connectivity index (χ3v) is 4.17. The van der Waals surface area contributed by atoms with Gasteiger partial charge in [0.05, 0.1) is 12.7 Å². The summed E-state index contributed by atoms with van der Waals surface area (Å²) in [4.78, 5) is 28.1. The highest BCUT2D eigenvalue weighted by molar-refractivity contribution is 5.91. The first-order valence-corrected chi connectivity index (χ1v) is 7.99. The van der Waals surface area contributed by atoms with E-state index in [0.717, 1.165) is 0 Å². The molecule has 0 bridgehead atoms. The predicted octanol–water partition coefficient (Wildman–Crippen LogP) is 2.34. The molecule has 1 aliphatic heterocycles. The Labute approximate surface area is 139 Å². The summed E-state index contributed by atoms with van der Waals surface area (Å²) in [6.07, 6.45) is 2.20. The van der Waals surface area contributed by atoms with Gasteiger partial charge in [0.2, 0.25) is 5.91 Å². The zero-order chi connectivity index (χ0) is 16.9. The highest BCUT2D eigenvalue weighted by atomic mass is 19.1. The van der Waals surface area contributed by atoms with Crippen molar-refractivity contribution in [2.24, 2.45) is 0 Å². The largest absolute Gasteiger partial charge is 0.459 e. The normalized spacial score (nSPS) is 15.2. The molecule has 6 heteroatoms. The minimum Gasteiger partial charge on any atom is -0.459 e. The van der Waals surface area contributed by atoms with Crippen LogP contribution < -0.4 is 0 Å². The highest BCUT2D eigenvalue weighted by Gasteiger charge is 2.24. The minimum atomic E-state index is -0.365. The van der Waals surface area contributed by atoms with Gasteiger partial charge in [0.25, 0.3) is 5.91 Å². The topological polar surface area (TPSA) is 53.8 Å². The Kier molecular flexibility index (Phi) is 4.93. The van der Waals surface area contributed by atoms with Gasteiger partial charge in [-0.05, 0) is 30.2 Å². The molecule has 2 amide bonds. The van der Waals surface area contributed by atoms with Crippen LogP contribution in [0.3, 0.4) is 0 Å². The number of carbonyl (C=O) groups is 2. The average molecular weight is 330 g/mol. The van der Waals surface area contributed by atoms with Crippen LogP contribution in [0.5, 0.6) is 0 Å². The second-order valence-electron chi connectivity index (χ2n) is 5.77. The predicted molar refractivity (Wildman–Crippen MR) is 85.9 cm³/mol. The number of benzene rings is 1. The first kappa shape index (κ1) is 16.2. The van der Waals surface area contributed by atoms with Gasteiger partial charge in [-0.15, -0.1) is 0 Å². The van der Waals surface area contributed by atoms with Gasteiger partial charge in [0.1, 0.15) is 5.82 Å². The average Bonchev–Trinajstić information content (AvgIpc) is 3.00. The lowest BCUT2D eigenvalue weighted by Gasteiger charge is -2.21. The van der Waals surface area contributed by atoms with Crippen LogP contribution in [-0.2, 0) is 11.2 Å². The molecule has 1 fully saturated rings. The van der Waals surface area contributed by atoms with Crippen LogP contribution in [0.15, 0.2) is 47.1 Å². The third kappa shape index (κ3) is 3.64. The van der Waals surface area contributed by atoms with Gasteiger partial charge in [0.15, 0.2) is 5.76 Å². The summed E-state index contributed by atoms with van der Waals surface area (Å²) in [5.41, 5.74) is 0.398. The van der Waals surface area contributed by atoms with Crippen LogP contribution in [0, 0.1) is 5.82 Å². The summed E-state index contributed by atoms with van der Waals surface area (Å²) in [7, 11) is 0. The standard InChI is InChI=1S/C18H19FN2O3/c19-15-6-2-1-5-14(15)13-17(22)20-8-4-9-21(11-10-20)18(23)16-7-3-12-24-16/h1-3,5-7,12H,4,8-11,13H2. The lowest BCUT2D eigenvalue weighted by molar-refractivity contribution is -0.130. The first-order chi connectivity index (χ1) is 11.6. The van der Waals surface area contributed by atoms with Crippen LogP contribution in [-0.4, -0.2) is 47.8 Å². The quantitative estimate of drug-likeness (QED) is 0.868. The molecule has 0 atom stereocenters. The number of rotatable bonds is 3. The van der Waals surface area contributed by atoms with Crippen molar-refractivity contribution in [2.45, 2.75) is 12.8 Å². The maximum absolute atomic E-state index is 13.7. The van der Waals surface area contributed by atoms with Crippen molar-refractivity contribution in [2.75, 3.05) is 26.2 Å². The van der Waals surface area contributed by atoms with Gasteiger partial charge in [-0.1, -0.05) is 18.2 Å². The fourth-order valence-electron chi connectivity index (χ4n) is 2.84. The van der Waals surface area contributed by atoms with Gasteiger partial charge in [-0.2, -0.15) is 0 Å². The summed E-state index contributed by atoms with van der Waals surface area (Å²) in [6.45, 7) is 2.03. The Morgan fingerprint density at radius 1 is 1.00 bits per heavy atom. The molecule has 126 valence electrons. The molecule has 0 radical (unpaired) electrons. The Hall–Kier alpha value is -2.63. The van der Waals surface area contributed by atoms with E-state index < -0.39 is 0 Å². The molecular formula is C18H19FN2O3. The Bertz CT molecular complexity index is 715. The van der Waals surface area contributed by atoms with E-state index in [9.17, 15) is 14.0 Å². The maximum atomic E-state index is 13.7. The smallest absolute Gasteiger partial charge is 0.289 e. The number of hydrogen-bond donors (Lipinski definition) is 0. The third-order valence-electron chi connectivity index (χ3n) is 4.17. The number of nitrogens with zero attached hydrogens (tertiary/aromatic N) is 2. The summed E-state index contributed by atoms with van der Waals surface area (Å²) in [5, 5.41) is 0. The molecule has 0 saturated carbocycles. The number of furan rings is 1. The van der Waals surface area contributed by atoms with Crippen molar-refractivity contribution in [3.63, 3.8) is 0 Å². The molecule has 3 rings (SSSR count). The molecule has 1 aromatic heterocycles. The zero-order valence-corrected chi connectivity index (χ0v) is 13.3. The van der Waals surface area contributed by atoms with Crippen molar-refractivity contribution in [3.8, 4) is 0 Å². The Morgan fingerprint density at radius 3 is 2.50 bits per heavy atom. The molecule has 24 heavy (non-hydrogen) atoms. The van der Waals surface area contributed by atoms with Crippen molar-refractivity contribution < 1.29 is 18.4 Å². The van der Waals surface area contributed by atoms with E-state index >= 15 is 0 Å². The van der Waals surface area contributed by atoms with E-state index in [4.69, 9.17) is 4.42 Å². The molecule has 5 nitrogen and oxygen atoms in total. The van der Waals surface area contributed by atoms with Gasteiger partial charge < -0.3 is 14.2 Å². The van der Waals surface area contributed by atoms with Gasteiger partial charge >= 0.3 is 0 Å². The monoisotopic (exact) mass is 330 g/mol. The number of halogens is 1. The fourth-order valence-corrected chi connectivity index (χ4v) is 2.84. The lowest BCUT2D eigenvalue weighted by atomic mass is 10.1. The first-order valence-electron chi connectivity index (χ1n) is 7.99. The van der Waals surface area contributed by atoms with Crippen LogP contribution >= 0.6 is 0 Å². The number of carbonyl (C=O) groups excluding carboxylic acids is 2.